The second-order valence-electron chi connectivity index (χ2n) is 4.93. The lowest BCUT2D eigenvalue weighted by molar-refractivity contribution is 0.202. The fourth-order valence-electron chi connectivity index (χ4n) is 1.67. The van der Waals surface area contributed by atoms with E-state index in [-0.39, 0.29) is 6.61 Å². The third-order valence-corrected chi connectivity index (χ3v) is 4.16. The van der Waals surface area contributed by atoms with Crippen molar-refractivity contribution in [1.82, 2.24) is 4.90 Å². The van der Waals surface area contributed by atoms with Crippen molar-refractivity contribution in [2.45, 2.75) is 39.8 Å². The van der Waals surface area contributed by atoms with Gasteiger partial charge in [-0.3, -0.25) is 4.90 Å². The Balaban J connectivity index is 2.68. The highest BCUT2D eigenvalue weighted by Crippen LogP contribution is 2.20. The smallest absolute Gasteiger partial charge is 0.0540 e. The number of hydrogen-bond acceptors (Lipinski definition) is 3. The van der Waals surface area contributed by atoms with Crippen LogP contribution in [0.25, 0.3) is 0 Å². The van der Waals surface area contributed by atoms with Gasteiger partial charge in [0.05, 0.1) is 6.61 Å². The largest absolute Gasteiger partial charge is 0.395 e. The quantitative estimate of drug-likeness (QED) is 0.827. The number of aliphatic hydroxyl groups is 1. The van der Waals surface area contributed by atoms with Gasteiger partial charge < -0.3 is 5.11 Å². The zero-order valence-corrected chi connectivity index (χ0v) is 12.5. The maximum Gasteiger partial charge on any atom is 0.0540 e. The number of aliphatic hydroxyl groups excluding tert-OH is 1. The zero-order valence-electron chi connectivity index (χ0n) is 11.7. The molecular formula is C15H23NOS. The van der Waals surface area contributed by atoms with Gasteiger partial charge in [0.15, 0.2) is 0 Å². The van der Waals surface area contributed by atoms with Crippen molar-refractivity contribution in [3.63, 3.8) is 0 Å². The minimum absolute atomic E-state index is 0.136. The molecule has 1 aromatic heterocycles. The fourth-order valence-corrected chi connectivity index (χ4v) is 2.56. The summed E-state index contributed by atoms with van der Waals surface area (Å²) in [6, 6.07) is 2.63. The van der Waals surface area contributed by atoms with E-state index in [1.165, 1.54) is 4.88 Å². The first-order valence-corrected chi connectivity index (χ1v) is 7.30. The first kappa shape index (κ1) is 15.2. The van der Waals surface area contributed by atoms with Gasteiger partial charge in [0, 0.05) is 29.4 Å². The van der Waals surface area contributed by atoms with Crippen molar-refractivity contribution in [2.24, 2.45) is 5.92 Å². The van der Waals surface area contributed by atoms with Crippen LogP contribution in [0.2, 0.25) is 0 Å². The number of hydrogen-bond donors (Lipinski definition) is 1. The standard InChI is InChI=1S/C15H23NOS/c1-12(2)13(3)16(4)11-15-14(8-10-18-15)7-5-6-9-17/h8,10,12-13,17H,6,9,11H2,1-4H3. The van der Waals surface area contributed by atoms with E-state index >= 15 is 0 Å². The van der Waals surface area contributed by atoms with E-state index in [4.69, 9.17) is 5.11 Å². The van der Waals surface area contributed by atoms with Gasteiger partial charge in [-0.25, -0.2) is 0 Å². The molecule has 0 aliphatic heterocycles. The lowest BCUT2D eigenvalue weighted by atomic mass is 10.1. The molecule has 1 heterocycles. The molecule has 3 heteroatoms. The summed E-state index contributed by atoms with van der Waals surface area (Å²) in [5.41, 5.74) is 1.11. The topological polar surface area (TPSA) is 23.5 Å². The van der Waals surface area contributed by atoms with E-state index in [0.717, 1.165) is 12.1 Å². The fraction of sp³-hybridized carbons (Fsp3) is 0.600. The van der Waals surface area contributed by atoms with Gasteiger partial charge in [-0.15, -0.1) is 11.3 Å². The van der Waals surface area contributed by atoms with Gasteiger partial charge in [0.2, 0.25) is 0 Å². The van der Waals surface area contributed by atoms with Crippen molar-refractivity contribution >= 4 is 11.3 Å². The van der Waals surface area contributed by atoms with Crippen LogP contribution in [0.4, 0.5) is 0 Å². The van der Waals surface area contributed by atoms with Crippen LogP contribution in [-0.2, 0) is 6.54 Å². The number of nitrogens with zero attached hydrogens (tertiary/aromatic N) is 1. The normalized spacial score (nSPS) is 12.6. The van der Waals surface area contributed by atoms with E-state index < -0.39 is 0 Å². The SMILES string of the molecule is CC(C)C(C)N(C)Cc1sccc1C#CCCO. The van der Waals surface area contributed by atoms with Crippen LogP contribution in [0.3, 0.4) is 0 Å². The van der Waals surface area contributed by atoms with Crippen molar-refractivity contribution in [2.75, 3.05) is 13.7 Å². The molecule has 1 rings (SSSR count). The third-order valence-electron chi connectivity index (χ3n) is 3.26. The van der Waals surface area contributed by atoms with Crippen LogP contribution >= 0.6 is 11.3 Å². The van der Waals surface area contributed by atoms with Crippen molar-refractivity contribution in [1.29, 1.82) is 0 Å². The van der Waals surface area contributed by atoms with E-state index in [9.17, 15) is 0 Å². The minimum Gasteiger partial charge on any atom is -0.395 e. The summed E-state index contributed by atoms with van der Waals surface area (Å²) in [5, 5.41) is 10.8. The molecule has 0 aliphatic rings. The molecule has 0 bridgehead atoms. The van der Waals surface area contributed by atoms with Gasteiger partial charge >= 0.3 is 0 Å². The first-order valence-electron chi connectivity index (χ1n) is 6.42. The molecule has 0 saturated heterocycles. The Bertz CT molecular complexity index is 414. The summed E-state index contributed by atoms with van der Waals surface area (Å²) in [6.45, 7) is 7.83. The van der Waals surface area contributed by atoms with Gasteiger partial charge in [-0.1, -0.05) is 25.7 Å². The summed E-state index contributed by atoms with van der Waals surface area (Å²) in [5.74, 6) is 6.78. The summed E-state index contributed by atoms with van der Waals surface area (Å²) in [6.07, 6.45) is 0.549. The van der Waals surface area contributed by atoms with Crippen molar-refractivity contribution in [3.05, 3.63) is 21.9 Å². The number of thiophene rings is 1. The molecule has 0 fully saturated rings. The molecule has 1 aromatic rings. The molecule has 1 unspecified atom stereocenters. The molecule has 0 amide bonds. The van der Waals surface area contributed by atoms with E-state index in [1.807, 2.05) is 0 Å². The van der Waals surface area contributed by atoms with Gasteiger partial charge in [-0.2, -0.15) is 0 Å². The van der Waals surface area contributed by atoms with Gasteiger partial charge in [-0.05, 0) is 31.3 Å². The highest BCUT2D eigenvalue weighted by Gasteiger charge is 2.14. The minimum atomic E-state index is 0.136. The zero-order chi connectivity index (χ0) is 13.5. The Morgan fingerprint density at radius 2 is 2.11 bits per heavy atom. The van der Waals surface area contributed by atoms with E-state index in [1.54, 1.807) is 11.3 Å². The second kappa shape index (κ2) is 7.58. The highest BCUT2D eigenvalue weighted by atomic mass is 32.1. The lowest BCUT2D eigenvalue weighted by Crippen LogP contribution is -2.32. The third kappa shape index (κ3) is 4.45. The Labute approximate surface area is 115 Å². The molecule has 0 aliphatic carbocycles. The molecule has 0 spiro atoms. The lowest BCUT2D eigenvalue weighted by Gasteiger charge is -2.27. The van der Waals surface area contributed by atoms with E-state index in [0.29, 0.717) is 18.4 Å². The van der Waals surface area contributed by atoms with E-state index in [2.05, 4.69) is 56.0 Å². The summed E-state index contributed by atoms with van der Waals surface area (Å²) in [4.78, 5) is 3.68. The van der Waals surface area contributed by atoms with Gasteiger partial charge in [0.25, 0.3) is 0 Å². The molecule has 100 valence electrons. The van der Waals surface area contributed by atoms with Crippen LogP contribution in [0.1, 0.15) is 37.6 Å². The summed E-state index contributed by atoms with van der Waals surface area (Å²) in [7, 11) is 2.16. The predicted molar refractivity (Wildman–Crippen MR) is 78.7 cm³/mol. The van der Waals surface area contributed by atoms with Crippen LogP contribution in [0.5, 0.6) is 0 Å². The molecule has 1 atom stereocenters. The first-order chi connectivity index (χ1) is 8.56. The van der Waals surface area contributed by atoms with Gasteiger partial charge in [0.1, 0.15) is 0 Å². The summed E-state index contributed by atoms with van der Waals surface area (Å²) >= 11 is 1.76. The molecule has 0 saturated carbocycles. The van der Waals surface area contributed by atoms with Crippen LogP contribution < -0.4 is 0 Å². The van der Waals surface area contributed by atoms with Crippen LogP contribution in [-0.4, -0.2) is 29.7 Å². The van der Waals surface area contributed by atoms with Crippen LogP contribution in [0.15, 0.2) is 11.4 Å². The molecule has 18 heavy (non-hydrogen) atoms. The Kier molecular flexibility index (Phi) is 6.42. The molecule has 2 nitrogen and oxygen atoms in total. The van der Waals surface area contributed by atoms with Crippen molar-refractivity contribution < 1.29 is 5.11 Å². The Morgan fingerprint density at radius 3 is 2.72 bits per heavy atom. The Morgan fingerprint density at radius 1 is 1.39 bits per heavy atom. The van der Waals surface area contributed by atoms with Crippen LogP contribution in [0, 0.1) is 17.8 Å². The second-order valence-corrected chi connectivity index (χ2v) is 5.93. The van der Waals surface area contributed by atoms with Crippen molar-refractivity contribution in [3.8, 4) is 11.8 Å². The molecule has 1 N–H and O–H groups in total. The average Bonchev–Trinajstić information content (AvgIpc) is 2.76. The molecule has 0 radical (unpaired) electrons. The predicted octanol–water partition coefficient (Wildman–Crippen LogP) is 2.96. The molecular weight excluding hydrogens is 242 g/mol. The Hall–Kier alpha value is -0.820. The monoisotopic (exact) mass is 265 g/mol. The highest BCUT2D eigenvalue weighted by molar-refractivity contribution is 7.10. The molecule has 0 aromatic carbocycles. The summed E-state index contributed by atoms with van der Waals surface area (Å²) < 4.78 is 0. The number of rotatable bonds is 5. The maximum atomic E-state index is 8.74. The maximum absolute atomic E-state index is 8.74. The average molecular weight is 265 g/mol.